The van der Waals surface area contributed by atoms with Crippen LogP contribution < -0.4 is 0 Å². The number of fused-ring (bicyclic) bond motifs is 2. The molecule has 1 heterocycles. The van der Waals surface area contributed by atoms with Gasteiger partial charge in [0.1, 0.15) is 6.10 Å². The predicted octanol–water partition coefficient (Wildman–Crippen LogP) is 5.13. The first-order valence-corrected chi connectivity index (χ1v) is 7.91. The summed E-state index contributed by atoms with van der Waals surface area (Å²) in [5.74, 6) is 0. The molecule has 1 aliphatic heterocycles. The van der Waals surface area contributed by atoms with E-state index in [1.807, 2.05) is 0 Å². The summed E-state index contributed by atoms with van der Waals surface area (Å²) in [6, 6.07) is 19.3. The van der Waals surface area contributed by atoms with Gasteiger partial charge in [0.05, 0.1) is 6.10 Å². The second-order valence-electron chi connectivity index (χ2n) is 6.01. The number of hydrogen-bond acceptors (Lipinski definition) is 1. The maximum Gasteiger partial charge on any atom is 0.109 e. The zero-order valence-corrected chi connectivity index (χ0v) is 12.2. The molecular weight excluding hydrogens is 256 g/mol. The molecule has 1 heteroatoms. The molecule has 2 aliphatic rings. The summed E-state index contributed by atoms with van der Waals surface area (Å²) in [4.78, 5) is 0. The smallest absolute Gasteiger partial charge is 0.109 e. The predicted molar refractivity (Wildman–Crippen MR) is 86.0 cm³/mol. The van der Waals surface area contributed by atoms with Crippen molar-refractivity contribution in [2.45, 2.75) is 37.9 Å². The van der Waals surface area contributed by atoms with Crippen LogP contribution in [-0.2, 0) is 4.74 Å². The van der Waals surface area contributed by atoms with Crippen LogP contribution in [0.4, 0.5) is 0 Å². The molecule has 0 bridgehead atoms. The molecule has 2 aromatic rings. The van der Waals surface area contributed by atoms with E-state index < -0.39 is 0 Å². The summed E-state index contributed by atoms with van der Waals surface area (Å²) < 4.78 is 6.56. The Morgan fingerprint density at radius 2 is 1.67 bits per heavy atom. The van der Waals surface area contributed by atoms with Crippen LogP contribution in [0.25, 0.3) is 6.08 Å². The third-order valence-electron chi connectivity index (χ3n) is 4.62. The molecule has 2 aromatic carbocycles. The van der Waals surface area contributed by atoms with Crippen molar-refractivity contribution in [3.8, 4) is 0 Å². The van der Waals surface area contributed by atoms with Gasteiger partial charge in [-0.1, -0.05) is 67.1 Å². The Morgan fingerprint density at radius 1 is 0.857 bits per heavy atom. The Balaban J connectivity index is 1.82. The average Bonchev–Trinajstić information content (AvgIpc) is 2.72. The van der Waals surface area contributed by atoms with Crippen LogP contribution in [-0.4, -0.2) is 6.10 Å². The molecule has 2 unspecified atom stereocenters. The van der Waals surface area contributed by atoms with E-state index in [0.29, 0.717) is 0 Å². The van der Waals surface area contributed by atoms with Crippen LogP contribution in [0.2, 0.25) is 0 Å². The van der Waals surface area contributed by atoms with Crippen LogP contribution in [0.15, 0.2) is 60.2 Å². The molecule has 1 nitrogen and oxygen atoms in total. The lowest BCUT2D eigenvalue weighted by molar-refractivity contribution is 0.0183. The van der Waals surface area contributed by atoms with Crippen molar-refractivity contribution in [1.29, 1.82) is 0 Å². The van der Waals surface area contributed by atoms with Gasteiger partial charge in [-0.3, -0.25) is 0 Å². The molecule has 21 heavy (non-hydrogen) atoms. The van der Waals surface area contributed by atoms with Crippen molar-refractivity contribution < 1.29 is 4.74 Å². The first kappa shape index (κ1) is 12.8. The lowest BCUT2D eigenvalue weighted by Gasteiger charge is -2.28. The van der Waals surface area contributed by atoms with Gasteiger partial charge in [0.2, 0.25) is 0 Å². The van der Waals surface area contributed by atoms with Crippen LogP contribution in [0, 0.1) is 0 Å². The zero-order chi connectivity index (χ0) is 14.1. The van der Waals surface area contributed by atoms with E-state index >= 15 is 0 Å². The molecule has 1 aliphatic carbocycles. The van der Waals surface area contributed by atoms with Gasteiger partial charge in [-0.15, -0.1) is 0 Å². The molecule has 0 N–H and O–H groups in total. The van der Waals surface area contributed by atoms with Gasteiger partial charge in [-0.2, -0.15) is 0 Å². The van der Waals surface area contributed by atoms with Gasteiger partial charge in [0.25, 0.3) is 0 Å². The summed E-state index contributed by atoms with van der Waals surface area (Å²) in [5.41, 5.74) is 5.36. The van der Waals surface area contributed by atoms with Crippen molar-refractivity contribution in [3.05, 3.63) is 76.9 Å². The molecule has 0 amide bonds. The van der Waals surface area contributed by atoms with Gasteiger partial charge in [0.15, 0.2) is 0 Å². The highest BCUT2D eigenvalue weighted by Crippen LogP contribution is 2.39. The summed E-state index contributed by atoms with van der Waals surface area (Å²) in [6.45, 7) is 0. The average molecular weight is 276 g/mol. The molecular formula is C20H20O. The van der Waals surface area contributed by atoms with Gasteiger partial charge in [-0.05, 0) is 41.5 Å². The first-order chi connectivity index (χ1) is 10.4. The monoisotopic (exact) mass is 276 g/mol. The first-order valence-electron chi connectivity index (χ1n) is 7.91. The highest BCUT2D eigenvalue weighted by atomic mass is 16.5. The van der Waals surface area contributed by atoms with Crippen molar-refractivity contribution >= 4 is 6.08 Å². The molecule has 1 fully saturated rings. The minimum absolute atomic E-state index is 0.0549. The summed E-state index contributed by atoms with van der Waals surface area (Å²) in [6.07, 6.45) is 7.63. The van der Waals surface area contributed by atoms with Gasteiger partial charge in [-0.25, -0.2) is 0 Å². The number of hydrogen-bond donors (Lipinski definition) is 0. The summed E-state index contributed by atoms with van der Waals surface area (Å²) in [5, 5.41) is 0. The van der Waals surface area contributed by atoms with Crippen LogP contribution in [0.1, 0.15) is 48.5 Å². The van der Waals surface area contributed by atoms with Crippen LogP contribution >= 0.6 is 0 Å². The van der Waals surface area contributed by atoms with E-state index in [-0.39, 0.29) is 12.2 Å². The van der Waals surface area contributed by atoms with Crippen LogP contribution in [0.5, 0.6) is 0 Å². The Morgan fingerprint density at radius 3 is 2.57 bits per heavy atom. The molecule has 0 saturated heterocycles. The third-order valence-corrected chi connectivity index (χ3v) is 4.62. The van der Waals surface area contributed by atoms with E-state index in [1.54, 1.807) is 0 Å². The third kappa shape index (κ3) is 2.43. The standard InChI is InChI=1S/C20H20O/c1-2-8-15(9-3-1)20-18-12-6-4-10-16(18)14-17-11-5-7-13-19(17)21-20/h1-4,6,8-10,12,14,19-20H,5,7,11,13H2. The minimum atomic E-state index is 0.0549. The minimum Gasteiger partial charge on any atom is -0.361 e. The Labute approximate surface area is 126 Å². The molecule has 106 valence electrons. The maximum absolute atomic E-state index is 6.56. The molecule has 0 radical (unpaired) electrons. The number of rotatable bonds is 1. The zero-order valence-electron chi connectivity index (χ0n) is 12.2. The largest absolute Gasteiger partial charge is 0.361 e. The van der Waals surface area contributed by atoms with Crippen molar-refractivity contribution in [1.82, 2.24) is 0 Å². The molecule has 1 saturated carbocycles. The fourth-order valence-corrected chi connectivity index (χ4v) is 3.53. The number of benzene rings is 2. The van der Waals surface area contributed by atoms with E-state index in [1.165, 1.54) is 41.5 Å². The van der Waals surface area contributed by atoms with E-state index in [2.05, 4.69) is 60.7 Å². The topological polar surface area (TPSA) is 9.23 Å². The second kappa shape index (κ2) is 5.50. The second-order valence-corrected chi connectivity index (χ2v) is 6.01. The van der Waals surface area contributed by atoms with Crippen LogP contribution in [0.3, 0.4) is 0 Å². The fourth-order valence-electron chi connectivity index (χ4n) is 3.53. The normalized spacial score (nSPS) is 24.5. The van der Waals surface area contributed by atoms with E-state index in [9.17, 15) is 0 Å². The molecule has 4 rings (SSSR count). The molecule has 0 aromatic heterocycles. The highest BCUT2D eigenvalue weighted by Gasteiger charge is 2.29. The van der Waals surface area contributed by atoms with E-state index in [4.69, 9.17) is 4.74 Å². The molecule has 0 spiro atoms. The maximum atomic E-state index is 6.56. The van der Waals surface area contributed by atoms with E-state index in [0.717, 1.165) is 6.42 Å². The highest BCUT2D eigenvalue weighted by molar-refractivity contribution is 5.60. The Hall–Kier alpha value is -1.86. The van der Waals surface area contributed by atoms with Crippen molar-refractivity contribution in [2.24, 2.45) is 0 Å². The van der Waals surface area contributed by atoms with Crippen molar-refractivity contribution in [3.63, 3.8) is 0 Å². The lowest BCUT2D eigenvalue weighted by Crippen LogP contribution is -2.21. The Bertz CT molecular complexity index is 657. The summed E-state index contributed by atoms with van der Waals surface area (Å²) >= 11 is 0. The Kier molecular flexibility index (Phi) is 3.36. The lowest BCUT2D eigenvalue weighted by atomic mass is 9.90. The quantitative estimate of drug-likeness (QED) is 0.701. The summed E-state index contributed by atoms with van der Waals surface area (Å²) in [7, 11) is 0. The molecule has 2 atom stereocenters. The van der Waals surface area contributed by atoms with Gasteiger partial charge >= 0.3 is 0 Å². The number of ether oxygens (including phenoxy) is 1. The van der Waals surface area contributed by atoms with Crippen molar-refractivity contribution in [2.75, 3.05) is 0 Å². The fraction of sp³-hybridized carbons (Fsp3) is 0.300. The van der Waals surface area contributed by atoms with Gasteiger partial charge < -0.3 is 4.74 Å². The SMILES string of the molecule is C1=C2CCCCC2OC(c2ccccc2)c2ccccc21. The van der Waals surface area contributed by atoms with Gasteiger partial charge in [0, 0.05) is 0 Å².